The number of pyridine rings is 1. The maximum Gasteiger partial charge on any atom is 0.272 e. The number of rotatable bonds is 3. The van der Waals surface area contributed by atoms with Gasteiger partial charge in [0.25, 0.3) is 5.69 Å². The second-order valence-electron chi connectivity index (χ2n) is 4.30. The van der Waals surface area contributed by atoms with Crippen molar-refractivity contribution in [1.29, 1.82) is 5.26 Å². The number of nitrogens with zero attached hydrogens (tertiary/aromatic N) is 3. The van der Waals surface area contributed by atoms with Crippen molar-refractivity contribution in [2.45, 2.75) is 6.92 Å². The van der Waals surface area contributed by atoms with Gasteiger partial charge in [0.05, 0.1) is 15.5 Å². The van der Waals surface area contributed by atoms with Crippen molar-refractivity contribution in [2.75, 3.05) is 0 Å². The average molecular weight is 300 g/mol. The number of aromatic nitrogens is 1. The number of nitriles is 1. The van der Waals surface area contributed by atoms with E-state index < -0.39 is 4.92 Å². The topological polar surface area (TPSA) is 79.8 Å². The van der Waals surface area contributed by atoms with E-state index in [1.807, 2.05) is 0 Å². The molecule has 1 aromatic carbocycles. The highest BCUT2D eigenvalue weighted by Crippen LogP contribution is 2.31. The summed E-state index contributed by atoms with van der Waals surface area (Å²) in [6, 6.07) is 9.93. The number of nitro benzene ring substituents is 1. The molecular formula is C15H10ClN3O2. The third-order valence-electron chi connectivity index (χ3n) is 2.95. The molecule has 0 bridgehead atoms. The van der Waals surface area contributed by atoms with E-state index in [1.165, 1.54) is 12.1 Å². The largest absolute Gasteiger partial charge is 0.272 e. The Kier molecular flexibility index (Phi) is 4.31. The third-order valence-corrected chi connectivity index (χ3v) is 3.35. The van der Waals surface area contributed by atoms with E-state index in [-0.39, 0.29) is 10.7 Å². The molecule has 0 spiro atoms. The van der Waals surface area contributed by atoms with E-state index in [4.69, 9.17) is 11.6 Å². The van der Waals surface area contributed by atoms with Gasteiger partial charge in [-0.05, 0) is 42.3 Å². The molecule has 6 heteroatoms. The van der Waals surface area contributed by atoms with Crippen molar-refractivity contribution in [1.82, 2.24) is 4.98 Å². The molecule has 0 aliphatic carbocycles. The van der Waals surface area contributed by atoms with E-state index in [0.29, 0.717) is 22.3 Å². The molecule has 21 heavy (non-hydrogen) atoms. The summed E-state index contributed by atoms with van der Waals surface area (Å²) in [5, 5.41) is 20.4. The van der Waals surface area contributed by atoms with Gasteiger partial charge in [-0.3, -0.25) is 15.1 Å². The maximum absolute atomic E-state index is 10.8. The number of nitro groups is 1. The summed E-state index contributed by atoms with van der Waals surface area (Å²) in [7, 11) is 0. The van der Waals surface area contributed by atoms with Gasteiger partial charge >= 0.3 is 0 Å². The van der Waals surface area contributed by atoms with Crippen LogP contribution >= 0.6 is 11.6 Å². The summed E-state index contributed by atoms with van der Waals surface area (Å²) in [5.74, 6) is 0. The lowest BCUT2D eigenvalue weighted by atomic mass is 10.0. The first-order chi connectivity index (χ1) is 10.0. The molecule has 0 amide bonds. The Morgan fingerprint density at radius 1 is 1.29 bits per heavy atom. The van der Waals surface area contributed by atoms with Crippen molar-refractivity contribution in [2.24, 2.45) is 0 Å². The van der Waals surface area contributed by atoms with Crippen LogP contribution in [0.25, 0.3) is 10.6 Å². The number of halogens is 1. The van der Waals surface area contributed by atoms with Crippen LogP contribution in [-0.4, -0.2) is 9.91 Å². The summed E-state index contributed by atoms with van der Waals surface area (Å²) < 4.78 is 0. The predicted octanol–water partition coefficient (Wildman–Crippen LogP) is 3.93. The molecule has 0 N–H and O–H groups in total. The summed E-state index contributed by atoms with van der Waals surface area (Å²) in [6.07, 6.45) is 3.13. The number of aryl methyl sites for hydroxylation is 1. The van der Waals surface area contributed by atoms with Crippen LogP contribution in [0.15, 0.2) is 42.7 Å². The van der Waals surface area contributed by atoms with Crippen LogP contribution < -0.4 is 0 Å². The Morgan fingerprint density at radius 2 is 1.95 bits per heavy atom. The van der Waals surface area contributed by atoms with Crippen molar-refractivity contribution >= 4 is 27.9 Å². The number of hydrogen-bond donors (Lipinski definition) is 0. The predicted molar refractivity (Wildman–Crippen MR) is 80.4 cm³/mol. The van der Waals surface area contributed by atoms with Crippen molar-refractivity contribution in [3.8, 4) is 6.07 Å². The second-order valence-corrected chi connectivity index (χ2v) is 4.67. The lowest BCUT2D eigenvalue weighted by molar-refractivity contribution is -0.385. The summed E-state index contributed by atoms with van der Waals surface area (Å²) in [5.41, 5.74) is 2.02. The van der Waals surface area contributed by atoms with Crippen LogP contribution in [0.4, 0.5) is 5.69 Å². The van der Waals surface area contributed by atoms with Crippen LogP contribution in [0.1, 0.15) is 16.7 Å². The zero-order valence-electron chi connectivity index (χ0n) is 11.1. The van der Waals surface area contributed by atoms with Crippen LogP contribution in [0.2, 0.25) is 0 Å². The minimum absolute atomic E-state index is 0.0191. The second kappa shape index (κ2) is 6.16. The third kappa shape index (κ3) is 3.07. The molecule has 0 saturated heterocycles. The smallest absolute Gasteiger partial charge is 0.265 e. The molecule has 0 aliphatic rings. The fourth-order valence-electron chi connectivity index (χ4n) is 1.90. The number of hydrogen-bond acceptors (Lipinski definition) is 4. The van der Waals surface area contributed by atoms with Gasteiger partial charge in [0.15, 0.2) is 0 Å². The van der Waals surface area contributed by atoms with Gasteiger partial charge in [-0.2, -0.15) is 5.26 Å². The molecule has 1 heterocycles. The van der Waals surface area contributed by atoms with E-state index in [1.54, 1.807) is 37.5 Å². The molecular weight excluding hydrogens is 290 g/mol. The van der Waals surface area contributed by atoms with Gasteiger partial charge in [0.2, 0.25) is 0 Å². The monoisotopic (exact) mass is 299 g/mol. The number of benzene rings is 1. The number of allylic oxidation sites excluding steroid dienone is 1. The quantitative estimate of drug-likeness (QED) is 0.488. The molecule has 0 unspecified atom stereocenters. The van der Waals surface area contributed by atoms with Crippen LogP contribution in [0, 0.1) is 28.4 Å². The van der Waals surface area contributed by atoms with Crippen molar-refractivity contribution < 1.29 is 4.92 Å². The first-order valence-electron chi connectivity index (χ1n) is 6.00. The Bertz CT molecular complexity index is 764. The van der Waals surface area contributed by atoms with Crippen molar-refractivity contribution in [3.63, 3.8) is 0 Å². The van der Waals surface area contributed by atoms with Gasteiger partial charge in [-0.15, -0.1) is 0 Å². The molecule has 1 aromatic heterocycles. The molecule has 0 fully saturated rings. The highest BCUT2D eigenvalue weighted by Gasteiger charge is 2.14. The van der Waals surface area contributed by atoms with Gasteiger partial charge in [-0.25, -0.2) is 0 Å². The molecule has 2 aromatic rings. The Balaban J connectivity index is 2.54. The SMILES string of the molecule is Cc1cc(/C(Cl)=C(/C#N)c2ccncc2)ccc1[N+](=O)[O-]. The molecule has 0 radical (unpaired) electrons. The van der Waals surface area contributed by atoms with E-state index in [9.17, 15) is 15.4 Å². The highest BCUT2D eigenvalue weighted by molar-refractivity contribution is 6.53. The first kappa shape index (κ1) is 14.7. The first-order valence-corrected chi connectivity index (χ1v) is 6.38. The summed E-state index contributed by atoms with van der Waals surface area (Å²) in [4.78, 5) is 14.3. The molecule has 0 aliphatic heterocycles. The van der Waals surface area contributed by atoms with Crippen LogP contribution in [-0.2, 0) is 0 Å². The van der Waals surface area contributed by atoms with Gasteiger partial charge < -0.3 is 0 Å². The molecule has 5 nitrogen and oxygen atoms in total. The zero-order chi connectivity index (χ0) is 15.4. The molecule has 2 rings (SSSR count). The molecule has 0 saturated carbocycles. The van der Waals surface area contributed by atoms with E-state index in [0.717, 1.165) is 0 Å². The lowest BCUT2D eigenvalue weighted by Crippen LogP contribution is -1.93. The fraction of sp³-hybridized carbons (Fsp3) is 0.0667. The van der Waals surface area contributed by atoms with Gasteiger partial charge in [-0.1, -0.05) is 11.6 Å². The zero-order valence-corrected chi connectivity index (χ0v) is 11.8. The summed E-state index contributed by atoms with van der Waals surface area (Å²) in [6.45, 7) is 1.63. The van der Waals surface area contributed by atoms with Gasteiger partial charge in [0.1, 0.15) is 6.07 Å². The van der Waals surface area contributed by atoms with Crippen LogP contribution in [0.5, 0.6) is 0 Å². The van der Waals surface area contributed by atoms with E-state index in [2.05, 4.69) is 11.1 Å². The lowest BCUT2D eigenvalue weighted by Gasteiger charge is -2.06. The fourth-order valence-corrected chi connectivity index (χ4v) is 2.17. The van der Waals surface area contributed by atoms with Gasteiger partial charge in [0, 0.05) is 24.0 Å². The molecule has 0 atom stereocenters. The van der Waals surface area contributed by atoms with E-state index >= 15 is 0 Å². The Morgan fingerprint density at radius 3 is 2.48 bits per heavy atom. The minimum atomic E-state index is -0.454. The normalized spacial score (nSPS) is 11.5. The minimum Gasteiger partial charge on any atom is -0.265 e. The maximum atomic E-state index is 10.8. The van der Waals surface area contributed by atoms with Crippen LogP contribution in [0.3, 0.4) is 0 Å². The molecule has 104 valence electrons. The Labute approximate surface area is 126 Å². The standard InChI is InChI=1S/C15H10ClN3O2/c1-10-8-12(2-3-14(10)19(20)21)15(16)13(9-17)11-4-6-18-7-5-11/h2-8H,1H3/b15-13+. The highest BCUT2D eigenvalue weighted by atomic mass is 35.5. The summed E-state index contributed by atoms with van der Waals surface area (Å²) >= 11 is 6.28. The van der Waals surface area contributed by atoms with Crippen molar-refractivity contribution in [3.05, 3.63) is 69.5 Å². The average Bonchev–Trinajstić information content (AvgIpc) is 2.48. The Hall–Kier alpha value is -2.71.